The van der Waals surface area contributed by atoms with E-state index in [0.717, 1.165) is 12.1 Å². The van der Waals surface area contributed by atoms with Crippen LogP contribution in [0.3, 0.4) is 0 Å². The highest BCUT2D eigenvalue weighted by atomic mass is 19.1. The topological polar surface area (TPSA) is 93.7 Å². The van der Waals surface area contributed by atoms with Gasteiger partial charge in [0.1, 0.15) is 23.9 Å². The van der Waals surface area contributed by atoms with Crippen molar-refractivity contribution < 1.29 is 32.6 Å². The summed E-state index contributed by atoms with van der Waals surface area (Å²) in [6, 6.07) is 8.92. The average molecular weight is 378 g/mol. The number of benzene rings is 2. The molecule has 27 heavy (non-hydrogen) atoms. The Morgan fingerprint density at radius 2 is 1.74 bits per heavy atom. The fraction of sp³-hybridized carbons (Fsp3) is 0.167. The molecule has 0 bridgehead atoms. The van der Waals surface area contributed by atoms with E-state index in [4.69, 9.17) is 9.47 Å². The van der Waals surface area contributed by atoms with Gasteiger partial charge in [0.25, 0.3) is 11.8 Å². The molecule has 0 fully saturated rings. The Labute approximate surface area is 153 Å². The summed E-state index contributed by atoms with van der Waals surface area (Å²) in [6.07, 6.45) is 0. The van der Waals surface area contributed by atoms with Gasteiger partial charge in [-0.2, -0.15) is 0 Å². The molecule has 0 heterocycles. The number of esters is 1. The first-order chi connectivity index (χ1) is 12.9. The molecule has 0 saturated carbocycles. The lowest BCUT2D eigenvalue weighted by Crippen LogP contribution is -2.32. The lowest BCUT2D eigenvalue weighted by atomic mass is 10.2. The van der Waals surface area contributed by atoms with E-state index in [1.807, 2.05) is 0 Å². The predicted octanol–water partition coefficient (Wildman–Crippen LogP) is 1.89. The third-order valence-corrected chi connectivity index (χ3v) is 3.31. The fourth-order valence-corrected chi connectivity index (χ4v) is 1.99. The molecule has 0 spiro atoms. The number of methoxy groups -OCH3 is 1. The Kier molecular flexibility index (Phi) is 6.81. The standard InChI is InChI=1S/C18H16F2N2O5/c1-26-13-5-3-12(4-6-13)22-16(23)10-27-17(24)9-21-18(25)14-7-2-11(19)8-15(14)20/h2-8H,9-10H2,1H3,(H,21,25)(H,22,23). The first-order valence-corrected chi connectivity index (χ1v) is 7.72. The van der Waals surface area contributed by atoms with E-state index in [-0.39, 0.29) is 0 Å². The van der Waals surface area contributed by atoms with Gasteiger partial charge in [0, 0.05) is 11.8 Å². The molecule has 0 unspecified atom stereocenters. The van der Waals surface area contributed by atoms with Gasteiger partial charge in [-0.05, 0) is 36.4 Å². The molecule has 2 rings (SSSR count). The van der Waals surface area contributed by atoms with Gasteiger partial charge in [-0.1, -0.05) is 0 Å². The molecule has 0 aliphatic heterocycles. The zero-order valence-corrected chi connectivity index (χ0v) is 14.3. The molecule has 7 nitrogen and oxygen atoms in total. The summed E-state index contributed by atoms with van der Waals surface area (Å²) < 4.78 is 36.0. The maximum Gasteiger partial charge on any atom is 0.325 e. The molecule has 0 atom stereocenters. The van der Waals surface area contributed by atoms with Gasteiger partial charge in [0.15, 0.2) is 6.61 Å². The first kappa shape index (κ1) is 19.8. The summed E-state index contributed by atoms with van der Waals surface area (Å²) in [7, 11) is 1.51. The number of rotatable bonds is 7. The van der Waals surface area contributed by atoms with Crippen molar-refractivity contribution in [2.24, 2.45) is 0 Å². The molecule has 2 aromatic carbocycles. The SMILES string of the molecule is COc1ccc(NC(=O)COC(=O)CNC(=O)c2ccc(F)cc2F)cc1. The minimum Gasteiger partial charge on any atom is -0.497 e. The van der Waals surface area contributed by atoms with Crippen LogP contribution in [0.25, 0.3) is 0 Å². The van der Waals surface area contributed by atoms with Crippen molar-refractivity contribution in [3.05, 3.63) is 59.7 Å². The molecule has 0 saturated heterocycles. The number of anilines is 1. The molecule has 2 aromatic rings. The maximum absolute atomic E-state index is 13.5. The van der Waals surface area contributed by atoms with Gasteiger partial charge in [-0.15, -0.1) is 0 Å². The number of amides is 2. The second kappa shape index (κ2) is 9.27. The van der Waals surface area contributed by atoms with Crippen LogP contribution in [0.1, 0.15) is 10.4 Å². The van der Waals surface area contributed by atoms with Crippen LogP contribution in [-0.2, 0) is 14.3 Å². The van der Waals surface area contributed by atoms with Crippen LogP contribution in [0.15, 0.2) is 42.5 Å². The van der Waals surface area contributed by atoms with Gasteiger partial charge < -0.3 is 20.1 Å². The van der Waals surface area contributed by atoms with Crippen molar-refractivity contribution in [1.29, 1.82) is 0 Å². The number of hydrogen-bond donors (Lipinski definition) is 2. The van der Waals surface area contributed by atoms with Crippen molar-refractivity contribution >= 4 is 23.5 Å². The van der Waals surface area contributed by atoms with Crippen molar-refractivity contribution in [2.75, 3.05) is 25.6 Å². The highest BCUT2D eigenvalue weighted by Crippen LogP contribution is 2.14. The molecular weight excluding hydrogens is 362 g/mol. The van der Waals surface area contributed by atoms with Crippen molar-refractivity contribution in [3.63, 3.8) is 0 Å². The van der Waals surface area contributed by atoms with E-state index in [1.54, 1.807) is 24.3 Å². The van der Waals surface area contributed by atoms with Crippen LogP contribution in [0, 0.1) is 11.6 Å². The minimum absolute atomic E-state index is 0.415. The molecular formula is C18H16F2N2O5. The maximum atomic E-state index is 13.5. The summed E-state index contributed by atoms with van der Waals surface area (Å²) in [5.74, 6) is -3.65. The monoisotopic (exact) mass is 378 g/mol. The Morgan fingerprint density at radius 3 is 2.37 bits per heavy atom. The van der Waals surface area contributed by atoms with E-state index in [1.165, 1.54) is 7.11 Å². The van der Waals surface area contributed by atoms with Gasteiger partial charge in [0.05, 0.1) is 12.7 Å². The summed E-state index contributed by atoms with van der Waals surface area (Å²) in [6.45, 7) is -1.14. The van der Waals surface area contributed by atoms with Crippen LogP contribution >= 0.6 is 0 Å². The summed E-state index contributed by atoms with van der Waals surface area (Å²) >= 11 is 0. The number of ether oxygens (including phenoxy) is 2. The lowest BCUT2D eigenvalue weighted by molar-refractivity contribution is -0.146. The van der Waals surface area contributed by atoms with Crippen LogP contribution in [-0.4, -0.2) is 38.0 Å². The molecule has 2 amide bonds. The largest absolute Gasteiger partial charge is 0.497 e. The summed E-state index contributed by atoms with van der Waals surface area (Å²) in [4.78, 5) is 35.0. The van der Waals surface area contributed by atoms with Crippen LogP contribution in [0.5, 0.6) is 5.75 Å². The molecule has 9 heteroatoms. The third kappa shape index (κ3) is 6.07. The van der Waals surface area contributed by atoms with Crippen LogP contribution in [0.2, 0.25) is 0 Å². The van der Waals surface area contributed by atoms with Crippen LogP contribution in [0.4, 0.5) is 14.5 Å². The molecule has 0 aliphatic carbocycles. The van der Waals surface area contributed by atoms with Crippen LogP contribution < -0.4 is 15.4 Å². The van der Waals surface area contributed by atoms with E-state index in [2.05, 4.69) is 10.6 Å². The number of halogens is 2. The van der Waals surface area contributed by atoms with Crippen molar-refractivity contribution in [2.45, 2.75) is 0 Å². The molecule has 0 aliphatic rings. The number of carbonyl (C=O) groups excluding carboxylic acids is 3. The second-order valence-electron chi connectivity index (χ2n) is 5.24. The Hall–Kier alpha value is -3.49. The fourth-order valence-electron chi connectivity index (χ4n) is 1.99. The predicted molar refractivity (Wildman–Crippen MR) is 91.3 cm³/mol. The minimum atomic E-state index is -1.06. The summed E-state index contributed by atoms with van der Waals surface area (Å²) in [5.41, 5.74) is 0.0679. The van der Waals surface area contributed by atoms with E-state index in [0.29, 0.717) is 17.5 Å². The van der Waals surface area contributed by atoms with Crippen molar-refractivity contribution in [1.82, 2.24) is 5.32 Å². The van der Waals surface area contributed by atoms with E-state index < -0.39 is 48.1 Å². The number of hydrogen-bond acceptors (Lipinski definition) is 5. The smallest absolute Gasteiger partial charge is 0.325 e. The lowest BCUT2D eigenvalue weighted by Gasteiger charge is -2.08. The van der Waals surface area contributed by atoms with Gasteiger partial charge in [0.2, 0.25) is 0 Å². The zero-order chi connectivity index (χ0) is 19.8. The molecule has 2 N–H and O–H groups in total. The Balaban J connectivity index is 1.75. The molecule has 0 radical (unpaired) electrons. The van der Waals surface area contributed by atoms with Crippen molar-refractivity contribution in [3.8, 4) is 5.75 Å². The summed E-state index contributed by atoms with van der Waals surface area (Å²) in [5, 5.41) is 4.63. The normalized spacial score (nSPS) is 10.0. The van der Waals surface area contributed by atoms with E-state index in [9.17, 15) is 23.2 Å². The first-order valence-electron chi connectivity index (χ1n) is 7.72. The third-order valence-electron chi connectivity index (χ3n) is 3.31. The highest BCUT2D eigenvalue weighted by Gasteiger charge is 2.14. The Morgan fingerprint density at radius 1 is 1.04 bits per heavy atom. The highest BCUT2D eigenvalue weighted by molar-refractivity contribution is 5.96. The molecule has 0 aromatic heterocycles. The number of nitrogens with one attached hydrogen (secondary N) is 2. The Bertz CT molecular complexity index is 840. The molecule has 142 valence electrons. The van der Waals surface area contributed by atoms with Gasteiger partial charge in [-0.25, -0.2) is 8.78 Å². The average Bonchev–Trinajstić information content (AvgIpc) is 2.65. The van der Waals surface area contributed by atoms with Gasteiger partial charge >= 0.3 is 5.97 Å². The second-order valence-corrected chi connectivity index (χ2v) is 5.24. The zero-order valence-electron chi connectivity index (χ0n) is 14.3. The number of carbonyl (C=O) groups is 3. The van der Waals surface area contributed by atoms with Gasteiger partial charge in [-0.3, -0.25) is 14.4 Å². The quantitative estimate of drug-likeness (QED) is 0.718. The van der Waals surface area contributed by atoms with E-state index >= 15 is 0 Å².